The summed E-state index contributed by atoms with van der Waals surface area (Å²) in [6.07, 6.45) is 1.28. The van der Waals surface area contributed by atoms with Crippen molar-refractivity contribution in [3.05, 3.63) is 64.7 Å². The van der Waals surface area contributed by atoms with Crippen LogP contribution in [0.4, 0.5) is 9.52 Å². The lowest BCUT2D eigenvalue weighted by molar-refractivity contribution is 0.414. The first-order valence-corrected chi connectivity index (χ1v) is 10.3. The molecule has 0 amide bonds. The van der Waals surface area contributed by atoms with Gasteiger partial charge >= 0.3 is 0 Å². The summed E-state index contributed by atoms with van der Waals surface area (Å²) >= 11 is 6.72. The number of rotatable bonds is 6. The Hall–Kier alpha value is -2.23. The first kappa shape index (κ1) is 19.5. The number of methoxy groups -OCH3 is 1. The molecule has 3 aromatic rings. The van der Waals surface area contributed by atoms with Crippen molar-refractivity contribution in [2.75, 3.05) is 11.4 Å². The summed E-state index contributed by atoms with van der Waals surface area (Å²) in [4.78, 5) is 3.90. The Morgan fingerprint density at radius 2 is 2.04 bits per heavy atom. The molecule has 0 atom stereocenters. The molecule has 2 aromatic carbocycles. The molecule has 1 aromatic heterocycles. The van der Waals surface area contributed by atoms with E-state index < -0.39 is 15.8 Å². The van der Waals surface area contributed by atoms with Gasteiger partial charge in [-0.25, -0.2) is 22.1 Å². The second kappa shape index (κ2) is 7.79. The maximum atomic E-state index is 13.5. The highest BCUT2D eigenvalue weighted by Gasteiger charge is 2.28. The number of nitrogens with zero attached hydrogens (tertiary/aromatic N) is 3. The number of benzene rings is 2. The second-order valence-corrected chi connectivity index (χ2v) is 8.63. The van der Waals surface area contributed by atoms with Crippen molar-refractivity contribution >= 4 is 38.3 Å². The number of anilines is 1. The first-order valence-electron chi connectivity index (χ1n) is 7.71. The number of ether oxygens (including phenoxy) is 1. The van der Waals surface area contributed by atoms with Gasteiger partial charge in [-0.15, -0.1) is 0 Å². The summed E-state index contributed by atoms with van der Waals surface area (Å²) in [6, 6.07) is 8.63. The van der Waals surface area contributed by atoms with Gasteiger partial charge in [0.25, 0.3) is 10.0 Å². The highest BCUT2D eigenvalue weighted by Crippen LogP contribution is 2.30. The van der Waals surface area contributed by atoms with Crippen LogP contribution in [0.25, 0.3) is 0 Å². The van der Waals surface area contributed by atoms with Gasteiger partial charge < -0.3 is 4.74 Å². The van der Waals surface area contributed by atoms with Crippen molar-refractivity contribution in [2.24, 2.45) is 0 Å². The molecule has 10 heteroatoms. The predicted molar refractivity (Wildman–Crippen MR) is 102 cm³/mol. The molecular weight excluding hydrogens is 413 g/mol. The van der Waals surface area contributed by atoms with Gasteiger partial charge in [0.15, 0.2) is 0 Å². The predicted octanol–water partition coefficient (Wildman–Crippen LogP) is 4.04. The molecule has 0 N–H and O–H groups in total. The molecule has 6 nitrogen and oxygen atoms in total. The third-order valence-corrected chi connectivity index (χ3v) is 6.73. The molecule has 0 fully saturated rings. The van der Waals surface area contributed by atoms with Crippen LogP contribution in [0, 0.1) is 12.7 Å². The van der Waals surface area contributed by atoms with Gasteiger partial charge in [0.2, 0.25) is 5.13 Å². The maximum Gasteiger partial charge on any atom is 0.266 e. The molecule has 0 radical (unpaired) electrons. The lowest BCUT2D eigenvalue weighted by atomic mass is 10.1. The third kappa shape index (κ3) is 4.05. The van der Waals surface area contributed by atoms with Crippen LogP contribution in [-0.4, -0.2) is 24.9 Å². The van der Waals surface area contributed by atoms with Gasteiger partial charge in [0, 0.05) is 11.5 Å². The van der Waals surface area contributed by atoms with Gasteiger partial charge in [0.05, 0.1) is 23.6 Å². The number of aromatic nitrogens is 2. The molecular formula is C17H15ClFN3O3S2. The Morgan fingerprint density at radius 1 is 1.26 bits per heavy atom. The van der Waals surface area contributed by atoms with E-state index in [-0.39, 0.29) is 21.6 Å². The van der Waals surface area contributed by atoms with Gasteiger partial charge in [-0.2, -0.15) is 4.37 Å². The van der Waals surface area contributed by atoms with Crippen molar-refractivity contribution in [1.82, 2.24) is 9.36 Å². The van der Waals surface area contributed by atoms with E-state index >= 15 is 0 Å². The van der Waals surface area contributed by atoms with Crippen LogP contribution in [0.2, 0.25) is 5.02 Å². The number of hydrogen-bond acceptors (Lipinski definition) is 6. The van der Waals surface area contributed by atoms with Crippen molar-refractivity contribution in [3.8, 4) is 5.75 Å². The Kier molecular flexibility index (Phi) is 5.64. The van der Waals surface area contributed by atoms with Gasteiger partial charge in [0.1, 0.15) is 17.9 Å². The first-order chi connectivity index (χ1) is 12.8. The monoisotopic (exact) mass is 427 g/mol. The van der Waals surface area contributed by atoms with Crippen LogP contribution in [0.5, 0.6) is 5.75 Å². The highest BCUT2D eigenvalue weighted by molar-refractivity contribution is 7.93. The standard InChI is InChI=1S/C17H15ClFN3O3S2/c1-11-7-13(25-2)4-3-12(11)9-22(17-20-10-21-26-17)27(23,24)14-5-6-16(19)15(18)8-14/h3-8,10H,9H2,1-2H3. The SMILES string of the molecule is COc1ccc(CN(c2ncns2)S(=O)(=O)c2ccc(F)c(Cl)c2)c(C)c1. The van der Waals surface area contributed by atoms with E-state index in [9.17, 15) is 12.8 Å². The van der Waals surface area contributed by atoms with Crippen LogP contribution in [0.1, 0.15) is 11.1 Å². The maximum absolute atomic E-state index is 13.5. The van der Waals surface area contributed by atoms with Crippen molar-refractivity contribution in [3.63, 3.8) is 0 Å². The van der Waals surface area contributed by atoms with Crippen molar-refractivity contribution in [2.45, 2.75) is 18.4 Å². The topological polar surface area (TPSA) is 72.4 Å². The second-order valence-electron chi connectivity index (χ2n) is 5.60. The summed E-state index contributed by atoms with van der Waals surface area (Å²) in [6.45, 7) is 1.89. The molecule has 142 valence electrons. The Labute approximate surface area is 165 Å². The molecule has 27 heavy (non-hydrogen) atoms. The van der Waals surface area contributed by atoms with E-state index in [1.165, 1.54) is 12.4 Å². The minimum atomic E-state index is -4.04. The largest absolute Gasteiger partial charge is 0.497 e. The number of hydrogen-bond donors (Lipinski definition) is 0. The van der Waals surface area contributed by atoms with Crippen LogP contribution >= 0.6 is 23.1 Å². The lowest BCUT2D eigenvalue weighted by Crippen LogP contribution is -2.30. The molecule has 1 heterocycles. The molecule has 0 unspecified atom stereocenters. The van der Waals surface area contributed by atoms with E-state index in [0.717, 1.165) is 39.1 Å². The molecule has 0 aliphatic rings. The van der Waals surface area contributed by atoms with Crippen LogP contribution in [0.15, 0.2) is 47.6 Å². The fourth-order valence-corrected chi connectivity index (χ4v) is 4.83. The number of sulfonamides is 1. The van der Waals surface area contributed by atoms with E-state index in [4.69, 9.17) is 16.3 Å². The summed E-state index contributed by atoms with van der Waals surface area (Å²) in [5, 5.41) is -0.0698. The van der Waals surface area contributed by atoms with Crippen molar-refractivity contribution < 1.29 is 17.5 Å². The van der Waals surface area contributed by atoms with E-state index in [1.54, 1.807) is 19.2 Å². The Balaban J connectivity index is 2.05. The minimum absolute atomic E-state index is 0.0301. The molecule has 0 saturated carbocycles. The fourth-order valence-electron chi connectivity index (χ4n) is 2.42. The van der Waals surface area contributed by atoms with Crippen LogP contribution in [0.3, 0.4) is 0 Å². The summed E-state index contributed by atoms with van der Waals surface area (Å²) in [5.74, 6) is -0.0176. The third-order valence-electron chi connectivity index (χ3n) is 3.91. The number of halogens is 2. The zero-order valence-electron chi connectivity index (χ0n) is 14.4. The van der Waals surface area contributed by atoms with Gasteiger partial charge in [-0.05, 0) is 48.4 Å². The van der Waals surface area contributed by atoms with Crippen molar-refractivity contribution in [1.29, 1.82) is 0 Å². The van der Waals surface area contributed by atoms with Crippen LogP contribution < -0.4 is 9.04 Å². The average Bonchev–Trinajstić information content (AvgIpc) is 3.16. The zero-order valence-corrected chi connectivity index (χ0v) is 16.8. The summed E-state index contributed by atoms with van der Waals surface area (Å²) in [5.41, 5.74) is 1.62. The smallest absolute Gasteiger partial charge is 0.266 e. The Bertz CT molecular complexity index is 1060. The fraction of sp³-hybridized carbons (Fsp3) is 0.176. The van der Waals surface area contributed by atoms with Gasteiger partial charge in [-0.1, -0.05) is 17.7 Å². The normalized spacial score (nSPS) is 11.4. The lowest BCUT2D eigenvalue weighted by Gasteiger charge is -2.22. The highest BCUT2D eigenvalue weighted by atomic mass is 35.5. The molecule has 0 spiro atoms. The quantitative estimate of drug-likeness (QED) is 0.593. The van der Waals surface area contributed by atoms with Gasteiger partial charge in [-0.3, -0.25) is 0 Å². The van der Waals surface area contributed by atoms with E-state index in [2.05, 4.69) is 9.36 Å². The average molecular weight is 428 g/mol. The summed E-state index contributed by atoms with van der Waals surface area (Å²) in [7, 11) is -2.47. The van der Waals surface area contributed by atoms with E-state index in [0.29, 0.717) is 5.75 Å². The zero-order chi connectivity index (χ0) is 19.6. The minimum Gasteiger partial charge on any atom is -0.497 e. The Morgan fingerprint density at radius 3 is 2.63 bits per heavy atom. The molecule has 0 saturated heterocycles. The molecule has 0 aliphatic heterocycles. The molecule has 0 bridgehead atoms. The number of aryl methyl sites for hydroxylation is 1. The summed E-state index contributed by atoms with van der Waals surface area (Å²) < 4.78 is 50.0. The molecule has 3 rings (SSSR count). The van der Waals surface area contributed by atoms with Crippen LogP contribution in [-0.2, 0) is 16.6 Å². The molecule has 0 aliphatic carbocycles. The van der Waals surface area contributed by atoms with E-state index in [1.807, 2.05) is 13.0 Å².